The number of carbonyl (C=O) groups is 2. The van der Waals surface area contributed by atoms with Gasteiger partial charge in [-0.15, -0.1) is 0 Å². The second-order valence-electron chi connectivity index (χ2n) is 6.35. The van der Waals surface area contributed by atoms with Gasteiger partial charge in [0.15, 0.2) is 11.5 Å². The van der Waals surface area contributed by atoms with Gasteiger partial charge in [0.1, 0.15) is 24.8 Å². The van der Waals surface area contributed by atoms with Crippen LogP contribution in [-0.2, 0) is 9.59 Å². The summed E-state index contributed by atoms with van der Waals surface area (Å²) in [5.74, 6) is -1.81. The van der Waals surface area contributed by atoms with Gasteiger partial charge >= 0.3 is 0 Å². The Hall–Kier alpha value is -3.16. The van der Waals surface area contributed by atoms with Gasteiger partial charge in [-0.05, 0) is 24.3 Å². The first-order valence-corrected chi connectivity index (χ1v) is 8.47. The molecule has 0 radical (unpaired) electrons. The number of benzene rings is 2. The van der Waals surface area contributed by atoms with E-state index in [4.69, 9.17) is 9.47 Å². The Bertz CT molecular complexity index is 919. The van der Waals surface area contributed by atoms with Crippen molar-refractivity contribution in [2.45, 2.75) is 6.42 Å². The van der Waals surface area contributed by atoms with Crippen molar-refractivity contribution < 1.29 is 27.8 Å². The summed E-state index contributed by atoms with van der Waals surface area (Å²) < 4.78 is 37.9. The summed E-state index contributed by atoms with van der Waals surface area (Å²) in [4.78, 5) is 25.9. The Morgan fingerprint density at radius 1 is 1.07 bits per heavy atom. The van der Waals surface area contributed by atoms with Crippen LogP contribution < -0.4 is 19.7 Å². The number of hydrogen-bond acceptors (Lipinski definition) is 4. The van der Waals surface area contributed by atoms with E-state index in [0.717, 1.165) is 6.07 Å². The molecule has 2 amide bonds. The van der Waals surface area contributed by atoms with E-state index in [9.17, 15) is 18.4 Å². The lowest BCUT2D eigenvalue weighted by molar-refractivity contribution is -0.122. The highest BCUT2D eigenvalue weighted by Crippen LogP contribution is 2.33. The van der Waals surface area contributed by atoms with Gasteiger partial charge in [-0.25, -0.2) is 8.78 Å². The van der Waals surface area contributed by atoms with E-state index in [1.54, 1.807) is 18.2 Å². The largest absolute Gasteiger partial charge is 0.486 e. The Balaban J connectivity index is 1.46. The molecule has 0 saturated carbocycles. The molecular weight excluding hydrogens is 358 g/mol. The zero-order valence-electron chi connectivity index (χ0n) is 14.2. The summed E-state index contributed by atoms with van der Waals surface area (Å²) in [6, 6.07) is 8.02. The normalized spacial score (nSPS) is 18.5. The molecule has 1 atom stereocenters. The summed E-state index contributed by atoms with van der Waals surface area (Å²) in [6.45, 7) is 0.927. The van der Waals surface area contributed by atoms with Gasteiger partial charge in [-0.3, -0.25) is 9.59 Å². The third kappa shape index (κ3) is 3.42. The highest BCUT2D eigenvalue weighted by molar-refractivity contribution is 6.03. The lowest BCUT2D eigenvalue weighted by atomic mass is 10.1. The molecule has 140 valence electrons. The third-order valence-electron chi connectivity index (χ3n) is 4.51. The van der Waals surface area contributed by atoms with Crippen LogP contribution in [0, 0.1) is 17.6 Å². The van der Waals surface area contributed by atoms with Crippen molar-refractivity contribution in [3.05, 3.63) is 48.0 Å². The van der Waals surface area contributed by atoms with Crippen molar-refractivity contribution in [2.75, 3.05) is 30.0 Å². The van der Waals surface area contributed by atoms with Crippen LogP contribution in [-0.4, -0.2) is 31.6 Å². The molecule has 27 heavy (non-hydrogen) atoms. The Labute approximate surface area is 153 Å². The maximum absolute atomic E-state index is 14.0. The molecule has 0 bridgehead atoms. The van der Waals surface area contributed by atoms with Crippen molar-refractivity contribution in [2.24, 2.45) is 5.92 Å². The average Bonchev–Trinajstić information content (AvgIpc) is 3.03. The predicted octanol–water partition coefficient (Wildman–Crippen LogP) is 2.73. The molecule has 1 fully saturated rings. The molecule has 2 aliphatic heterocycles. The van der Waals surface area contributed by atoms with Crippen LogP contribution >= 0.6 is 0 Å². The first-order valence-electron chi connectivity index (χ1n) is 8.47. The Morgan fingerprint density at radius 3 is 2.63 bits per heavy atom. The van der Waals surface area contributed by atoms with Crippen molar-refractivity contribution >= 4 is 23.2 Å². The summed E-state index contributed by atoms with van der Waals surface area (Å²) in [5, 5.41) is 2.74. The molecule has 4 rings (SSSR count). The summed E-state index contributed by atoms with van der Waals surface area (Å²) in [6.07, 6.45) is -0.0484. The number of fused-ring (bicyclic) bond motifs is 1. The van der Waals surface area contributed by atoms with Crippen molar-refractivity contribution in [3.63, 3.8) is 0 Å². The van der Waals surface area contributed by atoms with E-state index in [0.29, 0.717) is 36.5 Å². The van der Waals surface area contributed by atoms with Crippen LogP contribution in [0.1, 0.15) is 6.42 Å². The minimum Gasteiger partial charge on any atom is -0.486 e. The average molecular weight is 374 g/mol. The molecule has 0 aromatic heterocycles. The zero-order valence-corrected chi connectivity index (χ0v) is 14.2. The van der Waals surface area contributed by atoms with E-state index >= 15 is 0 Å². The van der Waals surface area contributed by atoms with Gasteiger partial charge < -0.3 is 19.7 Å². The van der Waals surface area contributed by atoms with Crippen LogP contribution in [0.15, 0.2) is 36.4 Å². The van der Waals surface area contributed by atoms with Gasteiger partial charge in [-0.2, -0.15) is 0 Å². The van der Waals surface area contributed by atoms with E-state index in [1.165, 1.54) is 11.0 Å². The molecule has 2 aromatic carbocycles. The van der Waals surface area contributed by atoms with Crippen LogP contribution in [0.2, 0.25) is 0 Å². The summed E-state index contributed by atoms with van der Waals surface area (Å²) in [5.41, 5.74) is 0.485. The molecule has 0 spiro atoms. The van der Waals surface area contributed by atoms with Gasteiger partial charge in [0.05, 0.1) is 11.6 Å². The van der Waals surface area contributed by atoms with Gasteiger partial charge in [0.2, 0.25) is 11.8 Å². The Morgan fingerprint density at radius 2 is 1.85 bits per heavy atom. The molecule has 8 heteroatoms. The molecule has 0 aliphatic carbocycles. The maximum Gasteiger partial charge on any atom is 0.229 e. The maximum atomic E-state index is 14.0. The number of carbonyl (C=O) groups excluding carboxylic acids is 2. The van der Waals surface area contributed by atoms with E-state index in [-0.39, 0.29) is 30.5 Å². The van der Waals surface area contributed by atoms with Gasteiger partial charge in [-0.1, -0.05) is 0 Å². The quantitative estimate of drug-likeness (QED) is 0.897. The number of ether oxygens (including phenoxy) is 2. The molecule has 1 saturated heterocycles. The van der Waals surface area contributed by atoms with Crippen molar-refractivity contribution in [1.82, 2.24) is 0 Å². The standard InChI is InChI=1S/C19H16F2N2O4/c20-12-1-3-15(14(21)8-12)23-10-11(7-18(23)24)19(25)22-13-2-4-16-17(9-13)27-6-5-26-16/h1-4,8-9,11H,5-7,10H2,(H,22,25). The van der Waals surface area contributed by atoms with Gasteiger partial charge in [0.25, 0.3) is 0 Å². The van der Waals surface area contributed by atoms with E-state index in [1.807, 2.05) is 0 Å². The fourth-order valence-electron chi connectivity index (χ4n) is 3.18. The third-order valence-corrected chi connectivity index (χ3v) is 4.51. The van der Waals surface area contributed by atoms with Crippen LogP contribution in [0.4, 0.5) is 20.2 Å². The monoisotopic (exact) mass is 374 g/mol. The summed E-state index contributed by atoms with van der Waals surface area (Å²) >= 11 is 0. The molecule has 1 unspecified atom stereocenters. The molecule has 6 nitrogen and oxygen atoms in total. The number of nitrogens with zero attached hydrogens (tertiary/aromatic N) is 1. The molecule has 2 aromatic rings. The number of nitrogens with one attached hydrogen (secondary N) is 1. The molecule has 2 heterocycles. The highest BCUT2D eigenvalue weighted by Gasteiger charge is 2.36. The second-order valence-corrected chi connectivity index (χ2v) is 6.35. The minimum atomic E-state index is -0.837. The topological polar surface area (TPSA) is 67.9 Å². The number of rotatable bonds is 3. The fourth-order valence-corrected chi connectivity index (χ4v) is 3.18. The Kier molecular flexibility index (Phi) is 4.39. The molecular formula is C19H16F2N2O4. The fraction of sp³-hybridized carbons (Fsp3) is 0.263. The van der Waals surface area contributed by atoms with Crippen molar-refractivity contribution in [3.8, 4) is 11.5 Å². The SMILES string of the molecule is O=C(Nc1ccc2c(c1)OCCO2)C1CC(=O)N(c2ccc(F)cc2F)C1. The van der Waals surface area contributed by atoms with Crippen LogP contribution in [0.3, 0.4) is 0 Å². The van der Waals surface area contributed by atoms with Crippen LogP contribution in [0.25, 0.3) is 0 Å². The first-order chi connectivity index (χ1) is 13.0. The minimum absolute atomic E-state index is 0.0256. The van der Waals surface area contributed by atoms with E-state index in [2.05, 4.69) is 5.32 Å². The molecule has 2 aliphatic rings. The predicted molar refractivity (Wildman–Crippen MR) is 92.9 cm³/mol. The summed E-state index contributed by atoms with van der Waals surface area (Å²) in [7, 11) is 0. The smallest absolute Gasteiger partial charge is 0.229 e. The zero-order chi connectivity index (χ0) is 19.0. The molecule has 1 N–H and O–H groups in total. The number of anilines is 2. The lowest BCUT2D eigenvalue weighted by Gasteiger charge is -2.19. The van der Waals surface area contributed by atoms with Gasteiger partial charge in [0, 0.05) is 30.8 Å². The lowest BCUT2D eigenvalue weighted by Crippen LogP contribution is -2.28. The number of amides is 2. The van der Waals surface area contributed by atoms with Crippen molar-refractivity contribution in [1.29, 1.82) is 0 Å². The van der Waals surface area contributed by atoms with E-state index < -0.39 is 17.6 Å². The van der Waals surface area contributed by atoms with Crippen LogP contribution in [0.5, 0.6) is 11.5 Å². The number of halogens is 2. The highest BCUT2D eigenvalue weighted by atomic mass is 19.1. The second kappa shape index (κ2) is 6.86. The number of hydrogen-bond donors (Lipinski definition) is 1. The first kappa shape index (κ1) is 17.3.